The summed E-state index contributed by atoms with van der Waals surface area (Å²) in [6.45, 7) is 0.358. The van der Waals surface area contributed by atoms with Crippen molar-refractivity contribution in [3.05, 3.63) is 40.2 Å². The normalized spacial score (nSPS) is 11.6. The molecule has 2 aromatic rings. The molecule has 108 valence electrons. The number of nitrogens with zero attached hydrogens (tertiary/aromatic N) is 1. The van der Waals surface area contributed by atoms with Gasteiger partial charge in [-0.1, -0.05) is 0 Å². The third-order valence-electron chi connectivity index (χ3n) is 2.49. The minimum atomic E-state index is -3.82. The summed E-state index contributed by atoms with van der Waals surface area (Å²) in [4.78, 5) is 0. The van der Waals surface area contributed by atoms with Gasteiger partial charge in [-0.25, -0.2) is 4.39 Å². The summed E-state index contributed by atoms with van der Waals surface area (Å²) in [5, 5.41) is 9.01. The predicted molar refractivity (Wildman–Crippen MR) is 76.3 cm³/mol. The molecule has 9 heteroatoms. The molecule has 0 aliphatic carbocycles. The Morgan fingerprint density at radius 2 is 2.20 bits per heavy atom. The second kappa shape index (κ2) is 5.90. The Hall–Kier alpha value is -1.45. The first-order valence-corrected chi connectivity index (χ1v) is 7.86. The van der Waals surface area contributed by atoms with Crippen LogP contribution >= 0.6 is 15.9 Å². The van der Waals surface area contributed by atoms with Crippen LogP contribution in [0.4, 0.5) is 10.1 Å². The molecule has 0 spiro atoms. The number of halogens is 2. The zero-order valence-corrected chi connectivity index (χ0v) is 12.8. The van der Waals surface area contributed by atoms with Crippen LogP contribution in [0.2, 0.25) is 0 Å². The Kier molecular flexibility index (Phi) is 4.41. The van der Waals surface area contributed by atoms with Crippen LogP contribution < -0.4 is 10.0 Å². The minimum Gasteiger partial charge on any atom is -0.316 e. The Morgan fingerprint density at radius 1 is 1.45 bits per heavy atom. The molecule has 0 radical (unpaired) electrons. The molecule has 0 unspecified atom stereocenters. The summed E-state index contributed by atoms with van der Waals surface area (Å²) >= 11 is 3.11. The van der Waals surface area contributed by atoms with Gasteiger partial charge in [0.25, 0.3) is 10.0 Å². The maximum absolute atomic E-state index is 13.0. The summed E-state index contributed by atoms with van der Waals surface area (Å²) in [5.74, 6) is -0.461. The van der Waals surface area contributed by atoms with Crippen LogP contribution in [0.15, 0.2) is 33.9 Å². The Balaban J connectivity index is 2.33. The number of benzene rings is 1. The molecule has 0 atom stereocenters. The molecule has 1 aromatic carbocycles. The highest BCUT2D eigenvalue weighted by atomic mass is 79.9. The SMILES string of the molecule is CNCc1cn[nH]c1S(=O)(=O)Nc1ccc(F)cc1Br. The maximum Gasteiger partial charge on any atom is 0.279 e. The molecule has 1 heterocycles. The number of aromatic nitrogens is 2. The third kappa shape index (κ3) is 3.17. The van der Waals surface area contributed by atoms with Gasteiger partial charge in [-0.2, -0.15) is 13.5 Å². The summed E-state index contributed by atoms with van der Waals surface area (Å²) in [6, 6.07) is 3.69. The first-order chi connectivity index (χ1) is 9.44. The van der Waals surface area contributed by atoms with E-state index in [1.54, 1.807) is 7.05 Å². The molecule has 6 nitrogen and oxygen atoms in total. The van der Waals surface area contributed by atoms with E-state index in [1.165, 1.54) is 24.4 Å². The van der Waals surface area contributed by atoms with Crippen molar-refractivity contribution in [1.82, 2.24) is 15.5 Å². The molecule has 20 heavy (non-hydrogen) atoms. The van der Waals surface area contributed by atoms with Crippen LogP contribution in [0.5, 0.6) is 0 Å². The lowest BCUT2D eigenvalue weighted by Crippen LogP contribution is -2.17. The molecule has 0 bridgehead atoms. The van der Waals surface area contributed by atoms with E-state index in [9.17, 15) is 12.8 Å². The van der Waals surface area contributed by atoms with Crippen LogP contribution in [0.3, 0.4) is 0 Å². The number of rotatable bonds is 5. The molecular formula is C11H12BrFN4O2S. The van der Waals surface area contributed by atoms with Crippen LogP contribution in [0.1, 0.15) is 5.56 Å². The topological polar surface area (TPSA) is 86.9 Å². The van der Waals surface area contributed by atoms with Gasteiger partial charge in [0.05, 0.1) is 11.9 Å². The van der Waals surface area contributed by atoms with Gasteiger partial charge < -0.3 is 5.32 Å². The highest BCUT2D eigenvalue weighted by Gasteiger charge is 2.21. The number of hydrogen-bond donors (Lipinski definition) is 3. The quantitative estimate of drug-likeness (QED) is 0.757. The van der Waals surface area contributed by atoms with Gasteiger partial charge in [-0.15, -0.1) is 0 Å². The number of aromatic amines is 1. The van der Waals surface area contributed by atoms with Gasteiger partial charge in [0.15, 0.2) is 5.03 Å². The lowest BCUT2D eigenvalue weighted by molar-refractivity contribution is 0.594. The Morgan fingerprint density at radius 3 is 2.85 bits per heavy atom. The predicted octanol–water partition coefficient (Wildman–Crippen LogP) is 1.83. The number of H-pyrrole nitrogens is 1. The van der Waals surface area contributed by atoms with Crippen molar-refractivity contribution in [2.24, 2.45) is 0 Å². The molecule has 0 saturated heterocycles. The molecular weight excluding hydrogens is 351 g/mol. The van der Waals surface area contributed by atoms with E-state index in [1.807, 2.05) is 0 Å². The number of anilines is 1. The highest BCUT2D eigenvalue weighted by Crippen LogP contribution is 2.26. The molecule has 2 rings (SSSR count). The fourth-order valence-corrected chi connectivity index (χ4v) is 3.41. The third-order valence-corrected chi connectivity index (χ3v) is 4.53. The Bertz CT molecular complexity index is 717. The molecule has 0 amide bonds. The molecule has 0 aliphatic heterocycles. The first kappa shape index (κ1) is 14.9. The van der Waals surface area contributed by atoms with Crippen molar-refractivity contribution >= 4 is 31.6 Å². The van der Waals surface area contributed by atoms with E-state index in [4.69, 9.17) is 0 Å². The van der Waals surface area contributed by atoms with Gasteiger partial charge in [0, 0.05) is 16.6 Å². The van der Waals surface area contributed by atoms with Crippen LogP contribution in [0, 0.1) is 5.82 Å². The van der Waals surface area contributed by atoms with Gasteiger partial charge in [-0.05, 0) is 41.2 Å². The molecule has 0 fully saturated rings. The summed E-state index contributed by atoms with van der Waals surface area (Å²) in [7, 11) is -2.12. The average molecular weight is 363 g/mol. The van der Waals surface area contributed by atoms with Crippen molar-refractivity contribution in [1.29, 1.82) is 0 Å². The summed E-state index contributed by atoms with van der Waals surface area (Å²) < 4.78 is 40.2. The number of nitrogens with one attached hydrogen (secondary N) is 3. The fourth-order valence-electron chi connectivity index (χ4n) is 1.62. The second-order valence-electron chi connectivity index (χ2n) is 3.98. The molecule has 0 saturated carbocycles. The van der Waals surface area contributed by atoms with E-state index >= 15 is 0 Å². The maximum atomic E-state index is 13.0. The second-order valence-corrected chi connectivity index (χ2v) is 6.46. The number of sulfonamides is 1. The molecule has 3 N–H and O–H groups in total. The zero-order valence-electron chi connectivity index (χ0n) is 10.4. The zero-order chi connectivity index (χ0) is 14.8. The van der Waals surface area contributed by atoms with Crippen LogP contribution in [0.25, 0.3) is 0 Å². The van der Waals surface area contributed by atoms with Crippen LogP contribution in [-0.2, 0) is 16.6 Å². The van der Waals surface area contributed by atoms with Gasteiger partial charge >= 0.3 is 0 Å². The smallest absolute Gasteiger partial charge is 0.279 e. The van der Waals surface area contributed by atoms with Crippen molar-refractivity contribution in [3.63, 3.8) is 0 Å². The van der Waals surface area contributed by atoms with E-state index in [-0.39, 0.29) is 10.7 Å². The van der Waals surface area contributed by atoms with Crippen molar-refractivity contribution < 1.29 is 12.8 Å². The Labute approximate surface area is 124 Å². The largest absolute Gasteiger partial charge is 0.316 e. The average Bonchev–Trinajstić information content (AvgIpc) is 2.82. The van der Waals surface area contributed by atoms with Crippen LogP contribution in [-0.4, -0.2) is 25.7 Å². The molecule has 0 aliphatic rings. The van der Waals surface area contributed by atoms with Gasteiger partial charge in [-0.3, -0.25) is 9.82 Å². The van der Waals surface area contributed by atoms with E-state index in [0.717, 1.165) is 0 Å². The van der Waals surface area contributed by atoms with Gasteiger partial charge in [0.1, 0.15) is 5.82 Å². The van der Waals surface area contributed by atoms with Crippen molar-refractivity contribution in [2.75, 3.05) is 11.8 Å². The number of hydrogen-bond acceptors (Lipinski definition) is 4. The van der Waals surface area contributed by atoms with Crippen molar-refractivity contribution in [2.45, 2.75) is 11.6 Å². The van der Waals surface area contributed by atoms with E-state index < -0.39 is 15.8 Å². The lowest BCUT2D eigenvalue weighted by atomic mass is 10.3. The summed E-state index contributed by atoms with van der Waals surface area (Å²) in [5.41, 5.74) is 0.759. The first-order valence-electron chi connectivity index (χ1n) is 5.59. The minimum absolute atomic E-state index is 0.0249. The fraction of sp³-hybridized carbons (Fsp3) is 0.182. The van der Waals surface area contributed by atoms with Gasteiger partial charge in [0.2, 0.25) is 0 Å². The van der Waals surface area contributed by atoms with E-state index in [2.05, 4.69) is 36.2 Å². The standard InChI is InChI=1S/C11H12BrFN4O2S/c1-14-5-7-6-15-16-11(7)20(18,19)17-10-3-2-8(13)4-9(10)12/h2-4,6,14,17H,5H2,1H3,(H,15,16). The van der Waals surface area contributed by atoms with Crippen molar-refractivity contribution in [3.8, 4) is 0 Å². The van der Waals surface area contributed by atoms with E-state index in [0.29, 0.717) is 16.6 Å². The molecule has 1 aromatic heterocycles. The summed E-state index contributed by atoms with van der Waals surface area (Å²) in [6.07, 6.45) is 1.44. The lowest BCUT2D eigenvalue weighted by Gasteiger charge is -2.09. The monoisotopic (exact) mass is 362 g/mol. The highest BCUT2D eigenvalue weighted by molar-refractivity contribution is 9.10.